The average Bonchev–Trinajstić information content (AvgIpc) is 2.59. The van der Waals surface area contributed by atoms with Crippen LogP contribution in [0.4, 0.5) is 0 Å². The van der Waals surface area contributed by atoms with Crippen LogP contribution in [0.3, 0.4) is 0 Å². The van der Waals surface area contributed by atoms with Gasteiger partial charge < -0.3 is 18.9 Å². The molecule has 0 radical (unpaired) electrons. The van der Waals surface area contributed by atoms with E-state index in [1.807, 2.05) is 6.92 Å². The number of hydrogen-bond donors (Lipinski definition) is 1. The van der Waals surface area contributed by atoms with Crippen molar-refractivity contribution in [2.45, 2.75) is 52.6 Å². The first-order valence-corrected chi connectivity index (χ1v) is 8.89. The molecule has 0 aliphatic carbocycles. The Morgan fingerprint density at radius 2 is 1.85 bits per heavy atom. The van der Waals surface area contributed by atoms with E-state index < -0.39 is 23.5 Å². The molecule has 0 bridgehead atoms. The summed E-state index contributed by atoms with van der Waals surface area (Å²) in [4.78, 5) is 24.5. The fraction of sp³-hybridized carbons (Fsp3) is 0.550. The minimum absolute atomic E-state index is 0.00194. The van der Waals surface area contributed by atoms with Gasteiger partial charge in [-0.25, -0.2) is 9.59 Å². The van der Waals surface area contributed by atoms with Crippen LogP contribution in [-0.4, -0.2) is 43.8 Å². The summed E-state index contributed by atoms with van der Waals surface area (Å²) in [6.07, 6.45) is 0.452. The number of carbonyl (C=O) groups excluding carboxylic acids is 2. The van der Waals surface area contributed by atoms with E-state index in [0.29, 0.717) is 23.3 Å². The van der Waals surface area contributed by atoms with Crippen LogP contribution in [0, 0.1) is 5.41 Å². The third-order valence-corrected chi connectivity index (χ3v) is 3.60. The van der Waals surface area contributed by atoms with Crippen LogP contribution in [0.15, 0.2) is 18.2 Å². The van der Waals surface area contributed by atoms with E-state index >= 15 is 0 Å². The van der Waals surface area contributed by atoms with Gasteiger partial charge in [-0.3, -0.25) is 5.41 Å². The van der Waals surface area contributed by atoms with Crippen molar-refractivity contribution in [1.82, 2.24) is 0 Å². The van der Waals surface area contributed by atoms with Crippen LogP contribution in [0.1, 0.15) is 62.9 Å². The molecule has 0 saturated heterocycles. The Morgan fingerprint density at radius 1 is 1.19 bits per heavy atom. The van der Waals surface area contributed by atoms with Crippen molar-refractivity contribution >= 4 is 17.7 Å². The maximum Gasteiger partial charge on any atom is 0.353 e. The highest BCUT2D eigenvalue weighted by atomic mass is 16.7. The van der Waals surface area contributed by atoms with Crippen LogP contribution >= 0.6 is 0 Å². The molecule has 0 amide bonds. The van der Waals surface area contributed by atoms with Gasteiger partial charge in [0, 0.05) is 18.6 Å². The summed E-state index contributed by atoms with van der Waals surface area (Å²) in [7, 11) is 1.49. The summed E-state index contributed by atoms with van der Waals surface area (Å²) in [6, 6.07) is 4.79. The van der Waals surface area contributed by atoms with Crippen molar-refractivity contribution < 1.29 is 28.5 Å². The molecule has 1 atom stereocenters. The topological polar surface area (TPSA) is 94.9 Å². The zero-order valence-corrected chi connectivity index (χ0v) is 16.9. The van der Waals surface area contributed by atoms with Gasteiger partial charge in [0.25, 0.3) is 0 Å². The molecule has 0 aliphatic heterocycles. The van der Waals surface area contributed by atoms with Gasteiger partial charge in [-0.05, 0) is 52.3 Å². The lowest BCUT2D eigenvalue weighted by molar-refractivity contribution is -0.146. The molecule has 7 heteroatoms. The van der Waals surface area contributed by atoms with Crippen molar-refractivity contribution in [1.29, 1.82) is 5.41 Å². The number of ether oxygens (including phenoxy) is 4. The van der Waals surface area contributed by atoms with E-state index in [1.54, 1.807) is 45.9 Å². The van der Waals surface area contributed by atoms with E-state index in [-0.39, 0.29) is 19.1 Å². The molecule has 27 heavy (non-hydrogen) atoms. The van der Waals surface area contributed by atoms with Crippen molar-refractivity contribution in [2.24, 2.45) is 0 Å². The summed E-state index contributed by atoms with van der Waals surface area (Å²) in [5, 5.41) is 8.32. The smallest absolute Gasteiger partial charge is 0.353 e. The van der Waals surface area contributed by atoms with Gasteiger partial charge >= 0.3 is 11.9 Å². The second kappa shape index (κ2) is 10.1. The molecule has 0 aliphatic rings. The molecule has 1 unspecified atom stereocenters. The van der Waals surface area contributed by atoms with E-state index in [4.69, 9.17) is 24.4 Å². The minimum atomic E-state index is -0.705. The fourth-order valence-electron chi connectivity index (χ4n) is 2.47. The largest absolute Gasteiger partial charge is 0.467 e. The third-order valence-electron chi connectivity index (χ3n) is 3.60. The monoisotopic (exact) mass is 379 g/mol. The van der Waals surface area contributed by atoms with E-state index in [0.717, 1.165) is 0 Å². The molecule has 1 N–H and O–H groups in total. The predicted molar refractivity (Wildman–Crippen MR) is 102 cm³/mol. The average molecular weight is 379 g/mol. The molecule has 0 saturated carbocycles. The Hall–Kier alpha value is -2.41. The quantitative estimate of drug-likeness (QED) is 0.399. The van der Waals surface area contributed by atoms with Crippen LogP contribution in [0.5, 0.6) is 5.75 Å². The lowest BCUT2D eigenvalue weighted by atomic mass is 9.89. The second-order valence-electron chi connectivity index (χ2n) is 6.90. The third kappa shape index (κ3) is 6.67. The van der Waals surface area contributed by atoms with Crippen LogP contribution in [0.25, 0.3) is 0 Å². The normalized spacial score (nSPS) is 12.2. The molecule has 0 spiro atoms. The highest BCUT2D eigenvalue weighted by Gasteiger charge is 2.29. The van der Waals surface area contributed by atoms with Gasteiger partial charge in [-0.15, -0.1) is 0 Å². The minimum Gasteiger partial charge on any atom is -0.467 e. The van der Waals surface area contributed by atoms with Crippen molar-refractivity contribution in [2.75, 3.05) is 20.5 Å². The second-order valence-corrected chi connectivity index (χ2v) is 6.90. The van der Waals surface area contributed by atoms with E-state index in [2.05, 4.69) is 0 Å². The zero-order valence-electron chi connectivity index (χ0n) is 16.9. The molecule has 0 aromatic heterocycles. The Morgan fingerprint density at radius 3 is 2.37 bits per heavy atom. The molecular formula is C20H29NO6. The number of rotatable bonds is 9. The standard InChI is InChI=1S/C20H29NO6/c1-7-14(17(21)19(23)27-20(3,4)5)15-11-13(18(22)25-8-2)9-10-16(15)26-12-24-6/h9-11,14,21H,7-8,12H2,1-6H3. The van der Waals surface area contributed by atoms with Gasteiger partial charge in [-0.1, -0.05) is 6.92 Å². The predicted octanol–water partition coefficient (Wildman–Crippen LogP) is 3.70. The summed E-state index contributed by atoms with van der Waals surface area (Å²) < 4.78 is 20.9. The molecule has 1 rings (SSSR count). The lowest BCUT2D eigenvalue weighted by Gasteiger charge is -2.24. The van der Waals surface area contributed by atoms with Crippen molar-refractivity contribution in [3.05, 3.63) is 29.3 Å². The first-order chi connectivity index (χ1) is 12.6. The van der Waals surface area contributed by atoms with Crippen molar-refractivity contribution in [3.8, 4) is 5.75 Å². The van der Waals surface area contributed by atoms with Crippen LogP contribution in [0.2, 0.25) is 0 Å². The number of nitrogens with one attached hydrogen (secondary N) is 1. The Balaban J connectivity index is 3.29. The SMILES string of the molecule is CCOC(=O)c1ccc(OCOC)c(C(CC)C(=N)C(=O)OC(C)(C)C)c1. The summed E-state index contributed by atoms with van der Waals surface area (Å²) >= 11 is 0. The summed E-state index contributed by atoms with van der Waals surface area (Å²) in [6.45, 7) is 9.06. The zero-order chi connectivity index (χ0) is 20.6. The summed E-state index contributed by atoms with van der Waals surface area (Å²) in [5.74, 6) is -1.34. The van der Waals surface area contributed by atoms with Gasteiger partial charge in [0.05, 0.1) is 12.2 Å². The van der Waals surface area contributed by atoms with E-state index in [1.165, 1.54) is 7.11 Å². The Kier molecular flexibility index (Phi) is 8.43. The maximum absolute atomic E-state index is 12.4. The number of hydrogen-bond acceptors (Lipinski definition) is 7. The molecule has 1 aromatic carbocycles. The molecule has 7 nitrogen and oxygen atoms in total. The van der Waals surface area contributed by atoms with E-state index in [9.17, 15) is 9.59 Å². The van der Waals surface area contributed by atoms with Crippen molar-refractivity contribution in [3.63, 3.8) is 0 Å². The lowest BCUT2D eigenvalue weighted by Crippen LogP contribution is -2.31. The van der Waals surface area contributed by atoms with Gasteiger partial charge in [0.2, 0.25) is 0 Å². The molecular weight excluding hydrogens is 350 g/mol. The highest BCUT2D eigenvalue weighted by Crippen LogP contribution is 2.32. The van der Waals surface area contributed by atoms with Crippen LogP contribution < -0.4 is 4.74 Å². The Labute approximate surface area is 160 Å². The summed E-state index contributed by atoms with van der Waals surface area (Å²) in [5.41, 5.74) is -0.0390. The number of esters is 2. The first kappa shape index (κ1) is 22.6. The first-order valence-electron chi connectivity index (χ1n) is 8.89. The fourth-order valence-corrected chi connectivity index (χ4v) is 2.47. The molecule has 0 heterocycles. The van der Waals surface area contributed by atoms with Gasteiger partial charge in [0.15, 0.2) is 6.79 Å². The molecule has 0 fully saturated rings. The molecule has 1 aromatic rings. The number of carbonyl (C=O) groups is 2. The number of benzene rings is 1. The van der Waals surface area contributed by atoms with Gasteiger partial charge in [0.1, 0.15) is 17.1 Å². The number of methoxy groups -OCH3 is 1. The van der Waals surface area contributed by atoms with Gasteiger partial charge in [-0.2, -0.15) is 0 Å². The maximum atomic E-state index is 12.4. The Bertz CT molecular complexity index is 678. The van der Waals surface area contributed by atoms with Crippen LogP contribution in [-0.2, 0) is 19.0 Å². The molecule has 150 valence electrons. The highest BCUT2D eigenvalue weighted by molar-refractivity contribution is 6.37.